The first-order chi connectivity index (χ1) is 9.60. The van der Waals surface area contributed by atoms with E-state index < -0.39 is 11.0 Å². The van der Waals surface area contributed by atoms with Gasteiger partial charge in [0.05, 0.1) is 11.0 Å². The summed E-state index contributed by atoms with van der Waals surface area (Å²) in [5.74, 6) is 0.206. The predicted molar refractivity (Wildman–Crippen MR) is 74.8 cm³/mol. The highest BCUT2D eigenvalue weighted by atomic mass is 16.6. The summed E-state index contributed by atoms with van der Waals surface area (Å²) in [5, 5.41) is 23.8. The summed E-state index contributed by atoms with van der Waals surface area (Å²) in [7, 11) is 0. The second-order valence-electron chi connectivity index (χ2n) is 5.09. The molecule has 110 valence electrons. The quantitative estimate of drug-likeness (QED) is 0.562. The molecule has 2 N–H and O–H groups in total. The van der Waals surface area contributed by atoms with Crippen molar-refractivity contribution in [3.8, 4) is 5.75 Å². The topological polar surface area (TPSA) is 84.6 Å². The van der Waals surface area contributed by atoms with Crippen LogP contribution in [-0.2, 0) is 6.54 Å². The lowest BCUT2D eigenvalue weighted by atomic mass is 10.2. The summed E-state index contributed by atoms with van der Waals surface area (Å²) >= 11 is 0. The zero-order valence-electron chi connectivity index (χ0n) is 11.5. The van der Waals surface area contributed by atoms with Crippen LogP contribution >= 0.6 is 0 Å². The molecule has 1 fully saturated rings. The van der Waals surface area contributed by atoms with Crippen molar-refractivity contribution in [3.05, 3.63) is 33.9 Å². The SMILES string of the molecule is CCC(O)COc1ccc(CNC2CC2)cc1[N+](=O)[O-]. The van der Waals surface area contributed by atoms with E-state index in [4.69, 9.17) is 4.74 Å². The zero-order chi connectivity index (χ0) is 14.5. The van der Waals surface area contributed by atoms with E-state index in [2.05, 4.69) is 5.32 Å². The van der Waals surface area contributed by atoms with E-state index >= 15 is 0 Å². The Morgan fingerprint density at radius 3 is 2.90 bits per heavy atom. The molecule has 1 aliphatic carbocycles. The summed E-state index contributed by atoms with van der Waals surface area (Å²) < 4.78 is 5.33. The Morgan fingerprint density at radius 1 is 1.55 bits per heavy atom. The van der Waals surface area contributed by atoms with Gasteiger partial charge in [-0.05, 0) is 30.9 Å². The molecule has 0 radical (unpaired) electrons. The van der Waals surface area contributed by atoms with Crippen LogP contribution in [0, 0.1) is 10.1 Å². The average Bonchev–Trinajstić information content (AvgIpc) is 3.26. The van der Waals surface area contributed by atoms with Crippen LogP contribution < -0.4 is 10.1 Å². The molecule has 1 aromatic rings. The van der Waals surface area contributed by atoms with Crippen LogP contribution in [0.5, 0.6) is 5.75 Å². The van der Waals surface area contributed by atoms with E-state index in [-0.39, 0.29) is 18.0 Å². The first-order valence-electron chi connectivity index (χ1n) is 6.91. The number of nitro groups is 1. The van der Waals surface area contributed by atoms with Crippen LogP contribution in [0.1, 0.15) is 31.7 Å². The van der Waals surface area contributed by atoms with Crippen molar-refractivity contribution in [2.24, 2.45) is 0 Å². The molecule has 1 unspecified atom stereocenters. The van der Waals surface area contributed by atoms with Crippen LogP contribution in [0.15, 0.2) is 18.2 Å². The summed E-state index contributed by atoms with van der Waals surface area (Å²) in [5.41, 5.74) is 0.815. The van der Waals surface area contributed by atoms with E-state index in [1.165, 1.54) is 18.9 Å². The molecule has 6 heteroatoms. The minimum atomic E-state index is -0.606. The Bertz CT molecular complexity index is 474. The summed E-state index contributed by atoms with van der Waals surface area (Å²) in [6, 6.07) is 5.51. The Kier molecular flexibility index (Phi) is 4.92. The number of benzene rings is 1. The Morgan fingerprint density at radius 2 is 2.30 bits per heavy atom. The molecule has 0 heterocycles. The van der Waals surface area contributed by atoms with E-state index in [0.717, 1.165) is 5.56 Å². The van der Waals surface area contributed by atoms with Gasteiger partial charge >= 0.3 is 5.69 Å². The van der Waals surface area contributed by atoms with Crippen molar-refractivity contribution in [2.75, 3.05) is 6.61 Å². The maximum atomic E-state index is 11.1. The largest absolute Gasteiger partial charge is 0.484 e. The smallest absolute Gasteiger partial charge is 0.311 e. The lowest BCUT2D eigenvalue weighted by Gasteiger charge is -2.11. The third-order valence-corrected chi connectivity index (χ3v) is 3.29. The van der Waals surface area contributed by atoms with Crippen molar-refractivity contribution in [1.82, 2.24) is 5.32 Å². The number of aliphatic hydroxyl groups is 1. The van der Waals surface area contributed by atoms with Crippen LogP contribution in [0.2, 0.25) is 0 Å². The first kappa shape index (κ1) is 14.7. The van der Waals surface area contributed by atoms with Gasteiger partial charge in [-0.1, -0.05) is 13.0 Å². The van der Waals surface area contributed by atoms with Crippen molar-refractivity contribution < 1.29 is 14.8 Å². The number of nitro benzene ring substituents is 1. The van der Waals surface area contributed by atoms with Gasteiger partial charge in [0.1, 0.15) is 6.61 Å². The molecule has 0 aliphatic heterocycles. The summed E-state index contributed by atoms with van der Waals surface area (Å²) in [6.45, 7) is 2.52. The van der Waals surface area contributed by atoms with Crippen LogP contribution in [0.4, 0.5) is 5.69 Å². The summed E-state index contributed by atoms with van der Waals surface area (Å²) in [4.78, 5) is 10.6. The standard InChI is InChI=1S/C14H20N2O4/c1-2-12(17)9-20-14-6-3-10(7-13(14)16(18)19)8-15-11-4-5-11/h3,6-7,11-12,15,17H,2,4-5,8-9H2,1H3. The van der Waals surface area contributed by atoms with Crippen LogP contribution in [0.25, 0.3) is 0 Å². The highest BCUT2D eigenvalue weighted by Crippen LogP contribution is 2.28. The number of rotatable bonds is 8. The van der Waals surface area contributed by atoms with Gasteiger partial charge in [0.25, 0.3) is 0 Å². The molecule has 0 saturated heterocycles. The molecular formula is C14H20N2O4. The number of ether oxygens (including phenoxy) is 1. The molecular weight excluding hydrogens is 260 g/mol. The van der Waals surface area contributed by atoms with Crippen molar-refractivity contribution in [2.45, 2.75) is 44.9 Å². The normalized spacial score (nSPS) is 15.9. The number of nitrogens with zero attached hydrogens (tertiary/aromatic N) is 1. The fourth-order valence-corrected chi connectivity index (χ4v) is 1.79. The minimum Gasteiger partial charge on any atom is -0.484 e. The zero-order valence-corrected chi connectivity index (χ0v) is 11.5. The van der Waals surface area contributed by atoms with Gasteiger partial charge in [-0.3, -0.25) is 10.1 Å². The Labute approximate surface area is 117 Å². The van der Waals surface area contributed by atoms with Gasteiger partial charge < -0.3 is 15.2 Å². The number of hydrogen-bond donors (Lipinski definition) is 2. The highest BCUT2D eigenvalue weighted by Gasteiger charge is 2.21. The number of aliphatic hydroxyl groups excluding tert-OH is 1. The fourth-order valence-electron chi connectivity index (χ4n) is 1.79. The predicted octanol–water partition coefficient (Wildman–Crippen LogP) is 2.00. The van der Waals surface area contributed by atoms with Gasteiger partial charge in [0.2, 0.25) is 0 Å². The first-order valence-corrected chi connectivity index (χ1v) is 6.91. The second-order valence-corrected chi connectivity index (χ2v) is 5.09. The van der Waals surface area contributed by atoms with Gasteiger partial charge in [-0.25, -0.2) is 0 Å². The molecule has 0 amide bonds. The van der Waals surface area contributed by atoms with Crippen molar-refractivity contribution >= 4 is 5.69 Å². The third kappa shape index (κ3) is 4.18. The summed E-state index contributed by atoms with van der Waals surface area (Å²) in [6.07, 6.45) is 2.30. The second kappa shape index (κ2) is 6.67. The molecule has 0 spiro atoms. The monoisotopic (exact) mass is 280 g/mol. The maximum absolute atomic E-state index is 11.1. The molecule has 20 heavy (non-hydrogen) atoms. The molecule has 0 aromatic heterocycles. The van der Waals surface area contributed by atoms with Gasteiger partial charge in [0, 0.05) is 18.7 Å². The van der Waals surface area contributed by atoms with Crippen LogP contribution in [0.3, 0.4) is 0 Å². The molecule has 1 saturated carbocycles. The highest BCUT2D eigenvalue weighted by molar-refractivity contribution is 5.48. The van der Waals surface area contributed by atoms with Gasteiger partial charge in [0.15, 0.2) is 5.75 Å². The molecule has 0 bridgehead atoms. The van der Waals surface area contributed by atoms with E-state index in [9.17, 15) is 15.2 Å². The molecule has 2 rings (SSSR count). The van der Waals surface area contributed by atoms with Crippen molar-refractivity contribution in [1.29, 1.82) is 0 Å². The lowest BCUT2D eigenvalue weighted by molar-refractivity contribution is -0.386. The number of nitrogens with one attached hydrogen (secondary N) is 1. The average molecular weight is 280 g/mol. The molecule has 6 nitrogen and oxygen atoms in total. The van der Waals surface area contributed by atoms with Gasteiger partial charge in [-0.15, -0.1) is 0 Å². The molecule has 1 atom stereocenters. The maximum Gasteiger partial charge on any atom is 0.311 e. The Hall–Kier alpha value is -1.66. The van der Waals surface area contributed by atoms with E-state index in [1.807, 2.05) is 13.0 Å². The Balaban J connectivity index is 2.03. The van der Waals surface area contributed by atoms with Crippen molar-refractivity contribution in [3.63, 3.8) is 0 Å². The minimum absolute atomic E-state index is 0.0524. The molecule has 1 aromatic carbocycles. The number of hydrogen-bond acceptors (Lipinski definition) is 5. The fraction of sp³-hybridized carbons (Fsp3) is 0.571. The van der Waals surface area contributed by atoms with E-state index in [1.54, 1.807) is 6.07 Å². The molecule has 1 aliphatic rings. The van der Waals surface area contributed by atoms with Gasteiger partial charge in [-0.2, -0.15) is 0 Å². The third-order valence-electron chi connectivity index (χ3n) is 3.29. The lowest BCUT2D eigenvalue weighted by Crippen LogP contribution is -2.17. The van der Waals surface area contributed by atoms with Crippen LogP contribution in [-0.4, -0.2) is 28.8 Å². The van der Waals surface area contributed by atoms with E-state index in [0.29, 0.717) is 19.0 Å².